The van der Waals surface area contributed by atoms with Gasteiger partial charge in [-0.1, -0.05) is 36.4 Å². The molecule has 6 aliphatic heterocycles. The number of rotatable bonds is 11. The maximum absolute atomic E-state index is 14.6. The molecule has 8 heterocycles. The van der Waals surface area contributed by atoms with Gasteiger partial charge >= 0.3 is 0 Å². The Labute approximate surface area is 407 Å². The number of carbonyl (C=O) groups is 1. The van der Waals surface area contributed by atoms with Gasteiger partial charge in [0.05, 0.1) is 46.4 Å². The smallest absolute Gasteiger partial charge is 0.297 e. The zero-order valence-electron chi connectivity index (χ0n) is 39.6. The zero-order valence-corrected chi connectivity index (χ0v) is 40.4. The highest BCUT2D eigenvalue weighted by Crippen LogP contribution is 2.55. The number of allylic oxidation sites excluding steroid dienone is 1. The molecule has 1 saturated carbocycles. The molecule has 5 atom stereocenters. The molecule has 17 nitrogen and oxygen atoms in total. The lowest BCUT2D eigenvalue weighted by atomic mass is 9.59. The Morgan fingerprint density at radius 1 is 1.00 bits per heavy atom. The summed E-state index contributed by atoms with van der Waals surface area (Å²) in [6.07, 6.45) is 9.47. The van der Waals surface area contributed by atoms with Crippen LogP contribution in [0.1, 0.15) is 86.3 Å². The molecular formula is C52H59N9O8S. The summed E-state index contributed by atoms with van der Waals surface area (Å²) in [4.78, 5) is 43.3. The van der Waals surface area contributed by atoms with Gasteiger partial charge in [0.25, 0.3) is 21.6 Å². The first-order valence-corrected chi connectivity index (χ1v) is 26.2. The number of nitrogens with zero attached hydrogens (tertiary/aromatic N) is 6. The monoisotopic (exact) mass is 969 g/mol. The van der Waals surface area contributed by atoms with Gasteiger partial charge in [0, 0.05) is 73.7 Å². The molecule has 5 aromatic rings. The third-order valence-corrected chi connectivity index (χ3v) is 17.5. The second-order valence-corrected chi connectivity index (χ2v) is 22.4. The number of pyridine rings is 1. The lowest BCUT2D eigenvalue weighted by molar-refractivity contribution is -0.384. The molecule has 3 N–H and O–H groups in total. The van der Waals surface area contributed by atoms with Crippen LogP contribution < -0.4 is 29.3 Å². The number of morpholine rings is 1. The first-order chi connectivity index (χ1) is 33.8. The fourth-order valence-corrected chi connectivity index (χ4v) is 13.6. The predicted octanol–water partition coefficient (Wildman–Crippen LogP) is 7.77. The quantitative estimate of drug-likeness (QED) is 0.0860. The first kappa shape index (κ1) is 45.0. The second-order valence-electron chi connectivity index (χ2n) is 20.7. The van der Waals surface area contributed by atoms with Crippen LogP contribution in [-0.4, -0.2) is 122 Å². The number of piperidine rings is 1. The molecular weight excluding hydrogens is 911 g/mol. The molecule has 1 aliphatic carbocycles. The van der Waals surface area contributed by atoms with E-state index in [1.807, 2.05) is 36.1 Å². The molecule has 70 heavy (non-hydrogen) atoms. The van der Waals surface area contributed by atoms with Crippen molar-refractivity contribution in [1.82, 2.24) is 24.5 Å². The Bertz CT molecular complexity index is 3040. The maximum atomic E-state index is 14.6. The van der Waals surface area contributed by atoms with Crippen LogP contribution in [-0.2, 0) is 14.8 Å². The summed E-state index contributed by atoms with van der Waals surface area (Å²) in [5.74, 6) is -0.465. The molecule has 1 spiro atoms. The van der Waals surface area contributed by atoms with Crippen molar-refractivity contribution in [2.24, 2.45) is 5.41 Å². The highest BCUT2D eigenvalue weighted by atomic mass is 32.2. The number of hydrogen-bond donors (Lipinski definition) is 3. The van der Waals surface area contributed by atoms with Crippen LogP contribution in [0.5, 0.6) is 11.6 Å². The van der Waals surface area contributed by atoms with E-state index in [0.29, 0.717) is 60.7 Å². The third kappa shape index (κ3) is 8.01. The van der Waals surface area contributed by atoms with Gasteiger partial charge in [-0.3, -0.25) is 24.7 Å². The molecule has 0 unspecified atom stereocenters. The SMILES string of the molecule is C=C(C)c1ccccc1[C@@H]1CCCN1C1CC2(CCN(c3ccc(C(=O)NS(=O)(=O)c4cc5c(c([N+](=O)[O-])c4)N[C@H](CN4C[C@@H]6C[C@H]4CO6)CO5)c(N4C[C@@H](C)Oc5nc6[nH]ccc6cc54)c3)CC2)C1. The summed E-state index contributed by atoms with van der Waals surface area (Å²) in [5.41, 5.74) is 6.54. The molecule has 18 heteroatoms. The van der Waals surface area contributed by atoms with Crippen molar-refractivity contribution >= 4 is 61.0 Å². The number of likely N-dealkylation sites (tertiary alicyclic amines) is 2. The fraction of sp³-hybridized carbons (Fsp3) is 0.462. The normalized spacial score (nSPS) is 25.2. The van der Waals surface area contributed by atoms with Crippen molar-refractivity contribution in [3.63, 3.8) is 0 Å². The van der Waals surface area contributed by atoms with E-state index in [1.54, 1.807) is 12.3 Å². The van der Waals surface area contributed by atoms with Crippen LogP contribution in [0.15, 0.2) is 84.4 Å². The molecule has 0 radical (unpaired) electrons. The van der Waals surface area contributed by atoms with Crippen molar-refractivity contribution in [1.29, 1.82) is 0 Å². The van der Waals surface area contributed by atoms with Crippen molar-refractivity contribution in [3.05, 3.63) is 106 Å². The van der Waals surface area contributed by atoms with Crippen LogP contribution in [0.3, 0.4) is 0 Å². The second kappa shape index (κ2) is 17.3. The average Bonchev–Trinajstić information content (AvgIpc) is 4.18. The van der Waals surface area contributed by atoms with E-state index in [2.05, 4.69) is 67.5 Å². The van der Waals surface area contributed by atoms with Crippen LogP contribution in [0, 0.1) is 15.5 Å². The van der Waals surface area contributed by atoms with E-state index < -0.39 is 31.4 Å². The van der Waals surface area contributed by atoms with Gasteiger partial charge in [0.15, 0.2) is 11.4 Å². The number of anilines is 4. The summed E-state index contributed by atoms with van der Waals surface area (Å²) < 4.78 is 48.7. The first-order valence-electron chi connectivity index (χ1n) is 24.7. The maximum Gasteiger partial charge on any atom is 0.297 e. The van der Waals surface area contributed by atoms with Gasteiger partial charge in [-0.25, -0.2) is 13.1 Å². The lowest BCUT2D eigenvalue weighted by Gasteiger charge is -2.56. The minimum absolute atomic E-state index is 0.0300. The highest BCUT2D eigenvalue weighted by molar-refractivity contribution is 7.90. The summed E-state index contributed by atoms with van der Waals surface area (Å²) in [5, 5.41) is 16.6. The van der Waals surface area contributed by atoms with Crippen LogP contribution >= 0.6 is 0 Å². The minimum atomic E-state index is -4.66. The van der Waals surface area contributed by atoms with E-state index in [1.165, 1.54) is 42.9 Å². The predicted molar refractivity (Wildman–Crippen MR) is 267 cm³/mol. The third-order valence-electron chi connectivity index (χ3n) is 16.2. The number of nitro benzene ring substituents is 1. The molecule has 3 aromatic carbocycles. The molecule has 12 rings (SSSR count). The summed E-state index contributed by atoms with van der Waals surface area (Å²) in [6.45, 7) is 13.7. The number of ether oxygens (including phenoxy) is 3. The van der Waals surface area contributed by atoms with E-state index >= 15 is 0 Å². The summed E-state index contributed by atoms with van der Waals surface area (Å²) in [7, 11) is -4.66. The van der Waals surface area contributed by atoms with Crippen LogP contribution in [0.2, 0.25) is 0 Å². The zero-order chi connectivity index (χ0) is 48.1. The van der Waals surface area contributed by atoms with E-state index in [9.17, 15) is 23.3 Å². The van der Waals surface area contributed by atoms with E-state index in [4.69, 9.17) is 19.2 Å². The van der Waals surface area contributed by atoms with Crippen molar-refractivity contribution in [2.45, 2.75) is 100 Å². The highest BCUT2D eigenvalue weighted by Gasteiger charge is 2.50. The molecule has 4 saturated heterocycles. The lowest BCUT2D eigenvalue weighted by Crippen LogP contribution is -2.55. The number of sulfonamides is 1. The van der Waals surface area contributed by atoms with E-state index in [-0.39, 0.29) is 47.3 Å². The molecule has 1 amide bonds. The van der Waals surface area contributed by atoms with Gasteiger partial charge in [0.2, 0.25) is 5.88 Å². The Morgan fingerprint density at radius 2 is 1.83 bits per heavy atom. The largest absolute Gasteiger partial charge is 0.489 e. The van der Waals surface area contributed by atoms with Gasteiger partial charge in [-0.15, -0.1) is 0 Å². The topological polar surface area (TPSA) is 188 Å². The minimum Gasteiger partial charge on any atom is -0.489 e. The number of hydrogen-bond acceptors (Lipinski definition) is 14. The number of nitro groups is 1. The Kier molecular flexibility index (Phi) is 11.1. The number of H-pyrrole nitrogens is 1. The Morgan fingerprint density at radius 3 is 2.60 bits per heavy atom. The summed E-state index contributed by atoms with van der Waals surface area (Å²) >= 11 is 0. The molecule has 2 bridgehead atoms. The Hall–Kier alpha value is -6.21. The van der Waals surface area contributed by atoms with Crippen LogP contribution in [0.25, 0.3) is 16.6 Å². The molecule has 5 fully saturated rings. The Balaban J connectivity index is 0.799. The number of nitrogens with one attached hydrogen (secondary N) is 3. The van der Waals surface area contributed by atoms with Crippen molar-refractivity contribution in [3.8, 4) is 11.6 Å². The van der Waals surface area contributed by atoms with E-state index in [0.717, 1.165) is 68.2 Å². The number of amides is 1. The average molecular weight is 970 g/mol. The summed E-state index contributed by atoms with van der Waals surface area (Å²) in [6, 6.07) is 21.4. The van der Waals surface area contributed by atoms with Crippen LogP contribution in [0.4, 0.5) is 28.4 Å². The van der Waals surface area contributed by atoms with Crippen molar-refractivity contribution < 1.29 is 32.3 Å². The fourth-order valence-electron chi connectivity index (χ4n) is 12.6. The number of benzene rings is 3. The number of carbonyl (C=O) groups excluding carboxylic acids is 1. The van der Waals surface area contributed by atoms with Gasteiger partial charge in [0.1, 0.15) is 24.0 Å². The van der Waals surface area contributed by atoms with Gasteiger partial charge < -0.3 is 34.3 Å². The molecule has 366 valence electrons. The standard InChI is InChI=1S/C52H59N9O8S/c1-31(2)40-7-4-5-8-41(40)43-9-6-16-59(43)37-24-52(25-37)13-17-57(18-14-52)35-10-11-42(44(21-35)60-26-32(3)69-51-46(60)19-33-12-15-53-49(33)55-51)50(62)56-70(65,66)39-22-45(61(63)64)48-47(23-39)68-29-34(54-48)27-58-28-38-20-36(58)30-67-38/h4-5,7-8,10-12,15,19,21-23,32,34,36-38,43,54H,1,6,9,13-14,16-18,20,24-30H2,2-3H3,(H,53,55)(H,56,62)/t32-,34-,36+,38+,43+/m1/s1. The number of fused-ring (bicyclic) bond motifs is 5. The number of aromatic nitrogens is 2. The molecule has 2 aromatic heterocycles. The van der Waals surface area contributed by atoms with Gasteiger partial charge in [-0.2, -0.15) is 4.98 Å². The number of aromatic amines is 1. The van der Waals surface area contributed by atoms with Crippen molar-refractivity contribution in [2.75, 3.05) is 67.6 Å². The molecule has 7 aliphatic rings. The van der Waals surface area contributed by atoms with Gasteiger partial charge in [-0.05, 0) is 112 Å².